The molecule has 4 heteroatoms. The molecule has 2 aromatic carbocycles. The third-order valence-electron chi connectivity index (χ3n) is 5.86. The van der Waals surface area contributed by atoms with Gasteiger partial charge in [0, 0.05) is 23.0 Å². The van der Waals surface area contributed by atoms with Crippen molar-refractivity contribution in [2.24, 2.45) is 0 Å². The number of nitrogens with zero attached hydrogens (tertiary/aromatic N) is 3. The molecule has 1 atom stereocenters. The Morgan fingerprint density at radius 1 is 1.00 bits per heavy atom. The van der Waals surface area contributed by atoms with Crippen molar-refractivity contribution >= 4 is 27.6 Å². The number of benzene rings is 2. The number of anilines is 1. The fraction of sp³-hybridized carbons (Fsp3) is 0.280. The predicted octanol–water partition coefficient (Wildman–Crippen LogP) is 5.08. The molecule has 1 unspecified atom stereocenters. The molecule has 2 heterocycles. The van der Waals surface area contributed by atoms with Crippen LogP contribution in [-0.4, -0.2) is 29.0 Å². The largest absolute Gasteiger partial charge is 0.382 e. The van der Waals surface area contributed by atoms with E-state index >= 15 is 0 Å². The van der Waals surface area contributed by atoms with E-state index in [1.807, 2.05) is 6.20 Å². The molecule has 4 nitrogen and oxygen atoms in total. The van der Waals surface area contributed by atoms with E-state index in [-0.39, 0.29) is 0 Å². The molecular formula is C25H28N4. The molecule has 4 aromatic rings. The minimum atomic E-state index is 0.415. The van der Waals surface area contributed by atoms with Gasteiger partial charge in [0.1, 0.15) is 5.52 Å². The van der Waals surface area contributed by atoms with Crippen molar-refractivity contribution in [2.45, 2.75) is 32.7 Å². The van der Waals surface area contributed by atoms with Crippen molar-refractivity contribution < 1.29 is 0 Å². The normalized spacial score (nSPS) is 12.7. The maximum Gasteiger partial charge on any atom is 0.150 e. The average molecular weight is 385 g/mol. The highest BCUT2D eigenvalue weighted by Gasteiger charge is 2.12. The standard InChI is InChI=1S/C25H28N4/c1-16-5-12-21-22(15-16)28-25(26)24-23(21)20(13-14-27-24)11-8-18-6-9-19(10-7-18)17(2)29(3)4/h5-7,9-10,12-15,17H,8,11H2,1-4H3,(H2,26,28). The Bertz CT molecular complexity index is 1160. The second-order valence-electron chi connectivity index (χ2n) is 8.09. The number of hydrogen-bond acceptors (Lipinski definition) is 4. The van der Waals surface area contributed by atoms with Crippen LogP contribution in [0.15, 0.2) is 54.7 Å². The van der Waals surface area contributed by atoms with Crippen molar-refractivity contribution in [3.8, 4) is 0 Å². The van der Waals surface area contributed by atoms with Gasteiger partial charge in [-0.1, -0.05) is 36.4 Å². The molecule has 0 saturated heterocycles. The molecule has 0 amide bonds. The number of rotatable bonds is 5. The smallest absolute Gasteiger partial charge is 0.150 e. The Morgan fingerprint density at radius 3 is 2.48 bits per heavy atom. The van der Waals surface area contributed by atoms with Crippen LogP contribution in [0.4, 0.5) is 5.82 Å². The van der Waals surface area contributed by atoms with Gasteiger partial charge in [-0.25, -0.2) is 4.98 Å². The number of nitrogen functional groups attached to an aromatic ring is 1. The number of aromatic nitrogens is 2. The van der Waals surface area contributed by atoms with Crippen molar-refractivity contribution in [2.75, 3.05) is 19.8 Å². The van der Waals surface area contributed by atoms with Crippen LogP contribution in [0, 0.1) is 6.92 Å². The first-order chi connectivity index (χ1) is 13.9. The Kier molecular flexibility index (Phi) is 5.20. The van der Waals surface area contributed by atoms with E-state index in [1.54, 1.807) is 0 Å². The molecule has 0 aliphatic heterocycles. The zero-order valence-electron chi connectivity index (χ0n) is 17.6. The van der Waals surface area contributed by atoms with Crippen LogP contribution in [0.25, 0.3) is 21.8 Å². The van der Waals surface area contributed by atoms with Crippen LogP contribution >= 0.6 is 0 Å². The molecule has 0 spiro atoms. The van der Waals surface area contributed by atoms with Crippen molar-refractivity contribution in [1.29, 1.82) is 0 Å². The van der Waals surface area contributed by atoms with Gasteiger partial charge < -0.3 is 10.6 Å². The summed E-state index contributed by atoms with van der Waals surface area (Å²) < 4.78 is 0. The lowest BCUT2D eigenvalue weighted by Gasteiger charge is -2.20. The molecular weight excluding hydrogens is 356 g/mol. The van der Waals surface area contributed by atoms with E-state index in [9.17, 15) is 0 Å². The second-order valence-corrected chi connectivity index (χ2v) is 8.09. The number of pyridine rings is 2. The molecule has 0 saturated carbocycles. The highest BCUT2D eigenvalue weighted by Crippen LogP contribution is 2.30. The lowest BCUT2D eigenvalue weighted by Crippen LogP contribution is -2.16. The first kappa shape index (κ1) is 19.3. The van der Waals surface area contributed by atoms with Crippen LogP contribution in [0.3, 0.4) is 0 Å². The molecule has 29 heavy (non-hydrogen) atoms. The molecule has 148 valence electrons. The summed E-state index contributed by atoms with van der Waals surface area (Å²) in [5.41, 5.74) is 13.1. The third-order valence-corrected chi connectivity index (χ3v) is 5.86. The number of nitrogens with two attached hydrogens (primary N) is 1. The number of fused-ring (bicyclic) bond motifs is 3. The van der Waals surface area contributed by atoms with Crippen molar-refractivity contribution in [1.82, 2.24) is 14.9 Å². The Balaban J connectivity index is 1.67. The molecule has 2 aromatic heterocycles. The van der Waals surface area contributed by atoms with Crippen molar-refractivity contribution in [3.63, 3.8) is 0 Å². The van der Waals surface area contributed by atoms with Crippen LogP contribution < -0.4 is 5.73 Å². The summed E-state index contributed by atoms with van der Waals surface area (Å²) in [6, 6.07) is 17.9. The lowest BCUT2D eigenvalue weighted by atomic mass is 9.97. The van der Waals surface area contributed by atoms with Gasteiger partial charge in [0.15, 0.2) is 5.82 Å². The van der Waals surface area contributed by atoms with Gasteiger partial charge in [-0.15, -0.1) is 0 Å². The van der Waals surface area contributed by atoms with Gasteiger partial charge in [-0.2, -0.15) is 0 Å². The first-order valence-electron chi connectivity index (χ1n) is 10.1. The summed E-state index contributed by atoms with van der Waals surface area (Å²) in [5, 5.41) is 2.26. The number of aryl methyl sites for hydroxylation is 3. The maximum atomic E-state index is 6.24. The van der Waals surface area contributed by atoms with E-state index in [1.165, 1.54) is 22.3 Å². The highest BCUT2D eigenvalue weighted by molar-refractivity contribution is 6.09. The molecule has 0 aliphatic rings. The van der Waals surface area contributed by atoms with Gasteiger partial charge in [0.2, 0.25) is 0 Å². The fourth-order valence-electron chi connectivity index (χ4n) is 3.87. The SMILES string of the molecule is Cc1ccc2c(c1)nc(N)c1nccc(CCc3ccc(C(C)N(C)C)cc3)c12. The summed E-state index contributed by atoms with van der Waals surface area (Å²) in [5.74, 6) is 0.502. The zero-order valence-corrected chi connectivity index (χ0v) is 17.6. The third kappa shape index (κ3) is 3.81. The Morgan fingerprint density at radius 2 is 1.76 bits per heavy atom. The van der Waals surface area contributed by atoms with Crippen molar-refractivity contribution in [3.05, 3.63) is 77.0 Å². The monoisotopic (exact) mass is 384 g/mol. The summed E-state index contributed by atoms with van der Waals surface area (Å²) in [6.45, 7) is 4.30. The van der Waals surface area contributed by atoms with Gasteiger partial charge in [0.05, 0.1) is 5.52 Å². The Hall–Kier alpha value is -2.98. The maximum absolute atomic E-state index is 6.24. The molecule has 2 N–H and O–H groups in total. The first-order valence-corrected chi connectivity index (χ1v) is 10.1. The fourth-order valence-corrected chi connectivity index (χ4v) is 3.87. The van der Waals surface area contributed by atoms with Gasteiger partial charge in [-0.05, 0) is 75.2 Å². The van der Waals surface area contributed by atoms with Gasteiger partial charge in [0.25, 0.3) is 0 Å². The minimum absolute atomic E-state index is 0.415. The van der Waals surface area contributed by atoms with E-state index in [2.05, 4.69) is 91.3 Å². The van der Waals surface area contributed by atoms with E-state index < -0.39 is 0 Å². The quantitative estimate of drug-likeness (QED) is 0.488. The van der Waals surface area contributed by atoms with Crippen LogP contribution in [0.2, 0.25) is 0 Å². The van der Waals surface area contributed by atoms with Crippen LogP contribution in [-0.2, 0) is 12.8 Å². The molecule has 4 rings (SSSR count). The van der Waals surface area contributed by atoms with Crippen LogP contribution in [0.1, 0.15) is 35.2 Å². The lowest BCUT2D eigenvalue weighted by molar-refractivity contribution is 0.321. The molecule has 0 radical (unpaired) electrons. The van der Waals surface area contributed by atoms with E-state index in [0.717, 1.165) is 34.6 Å². The van der Waals surface area contributed by atoms with E-state index in [0.29, 0.717) is 11.9 Å². The summed E-state index contributed by atoms with van der Waals surface area (Å²) in [6.07, 6.45) is 3.76. The number of hydrogen-bond donors (Lipinski definition) is 1. The molecule has 0 fully saturated rings. The topological polar surface area (TPSA) is 55.0 Å². The average Bonchev–Trinajstić information content (AvgIpc) is 2.72. The summed E-state index contributed by atoms with van der Waals surface area (Å²) in [4.78, 5) is 11.3. The minimum Gasteiger partial charge on any atom is -0.382 e. The molecule has 0 bridgehead atoms. The zero-order chi connectivity index (χ0) is 20.5. The van der Waals surface area contributed by atoms with Crippen LogP contribution in [0.5, 0.6) is 0 Å². The summed E-state index contributed by atoms with van der Waals surface area (Å²) in [7, 11) is 4.22. The Labute approximate surface area is 172 Å². The van der Waals surface area contributed by atoms with E-state index in [4.69, 9.17) is 5.73 Å². The van der Waals surface area contributed by atoms with Gasteiger partial charge in [-0.3, -0.25) is 4.98 Å². The second kappa shape index (κ2) is 7.80. The van der Waals surface area contributed by atoms with Gasteiger partial charge >= 0.3 is 0 Å². The predicted molar refractivity (Wildman–Crippen MR) is 122 cm³/mol. The molecule has 0 aliphatic carbocycles. The summed E-state index contributed by atoms with van der Waals surface area (Å²) >= 11 is 0. The highest BCUT2D eigenvalue weighted by atomic mass is 15.1.